The minimum atomic E-state index is -0.935. The lowest BCUT2D eigenvalue weighted by molar-refractivity contribution is -0.124. The van der Waals surface area contributed by atoms with Gasteiger partial charge in [-0.05, 0) is 31.0 Å². The van der Waals surface area contributed by atoms with E-state index in [0.717, 1.165) is 10.5 Å². The summed E-state index contributed by atoms with van der Waals surface area (Å²) in [5, 5.41) is 3.14. The van der Waals surface area contributed by atoms with E-state index in [4.69, 9.17) is 23.2 Å². The van der Waals surface area contributed by atoms with Crippen molar-refractivity contribution in [3.63, 3.8) is 0 Å². The third-order valence-electron chi connectivity index (χ3n) is 4.28. The van der Waals surface area contributed by atoms with Gasteiger partial charge in [-0.1, -0.05) is 53.5 Å². The van der Waals surface area contributed by atoms with Crippen molar-refractivity contribution < 1.29 is 14.4 Å². The highest BCUT2D eigenvalue weighted by molar-refractivity contribution is 6.43. The number of halogens is 2. The van der Waals surface area contributed by atoms with Gasteiger partial charge >= 0.3 is 0 Å². The van der Waals surface area contributed by atoms with E-state index in [1.165, 1.54) is 19.1 Å². The number of amides is 3. The molecule has 3 amide bonds. The van der Waals surface area contributed by atoms with Crippen LogP contribution in [0.3, 0.4) is 0 Å². The number of imide groups is 1. The molecule has 0 aromatic heterocycles. The van der Waals surface area contributed by atoms with Gasteiger partial charge in [0.15, 0.2) is 0 Å². The monoisotopic (exact) mass is 390 g/mol. The van der Waals surface area contributed by atoms with Crippen molar-refractivity contribution in [2.75, 3.05) is 6.54 Å². The van der Waals surface area contributed by atoms with Gasteiger partial charge in [0.05, 0.1) is 21.2 Å². The molecule has 0 saturated heterocycles. The molecule has 3 rings (SSSR count). The second-order valence-electron chi connectivity index (χ2n) is 5.99. The third kappa shape index (κ3) is 3.45. The van der Waals surface area contributed by atoms with Crippen molar-refractivity contribution in [1.29, 1.82) is 0 Å². The van der Waals surface area contributed by atoms with Crippen LogP contribution in [0.1, 0.15) is 33.2 Å². The lowest BCUT2D eigenvalue weighted by atomic mass is 10.1. The van der Waals surface area contributed by atoms with E-state index in [2.05, 4.69) is 5.32 Å². The molecule has 26 heavy (non-hydrogen) atoms. The van der Waals surface area contributed by atoms with Crippen LogP contribution >= 0.6 is 23.2 Å². The zero-order valence-corrected chi connectivity index (χ0v) is 15.5. The number of hydrogen-bond acceptors (Lipinski definition) is 3. The molecule has 0 bridgehead atoms. The number of nitrogens with zero attached hydrogens (tertiary/aromatic N) is 1. The standard InChI is InChI=1S/C19H16Cl2N2O3/c1-11(17(24)22-8-7-12-5-3-2-4-6-12)23-18(25)13-9-15(20)16(21)10-14(13)19(23)26/h2-6,9-11H,7-8H2,1H3,(H,22,24). The van der Waals surface area contributed by atoms with E-state index in [1.807, 2.05) is 30.3 Å². The van der Waals surface area contributed by atoms with Gasteiger partial charge in [0, 0.05) is 6.54 Å². The smallest absolute Gasteiger partial charge is 0.262 e. The Balaban J connectivity index is 1.67. The summed E-state index contributed by atoms with van der Waals surface area (Å²) in [7, 11) is 0. The number of rotatable bonds is 5. The average molecular weight is 391 g/mol. The van der Waals surface area contributed by atoms with Gasteiger partial charge in [0.2, 0.25) is 5.91 Å². The first kappa shape index (κ1) is 18.4. The van der Waals surface area contributed by atoms with Crippen LogP contribution in [0.5, 0.6) is 0 Å². The van der Waals surface area contributed by atoms with Crippen molar-refractivity contribution in [1.82, 2.24) is 10.2 Å². The Morgan fingerprint density at radius 3 is 2.12 bits per heavy atom. The van der Waals surface area contributed by atoms with Crippen LogP contribution in [0, 0.1) is 0 Å². The molecular formula is C19H16Cl2N2O3. The highest BCUT2D eigenvalue weighted by Crippen LogP contribution is 2.32. The quantitative estimate of drug-likeness (QED) is 0.796. The molecule has 0 saturated carbocycles. The molecule has 0 fully saturated rings. The first-order valence-corrected chi connectivity index (χ1v) is 8.84. The minimum absolute atomic E-state index is 0.160. The topological polar surface area (TPSA) is 66.5 Å². The molecule has 1 atom stereocenters. The van der Waals surface area contributed by atoms with Crippen LogP contribution in [0.25, 0.3) is 0 Å². The molecule has 0 radical (unpaired) electrons. The number of fused-ring (bicyclic) bond motifs is 1. The number of nitrogens with one attached hydrogen (secondary N) is 1. The Morgan fingerprint density at radius 2 is 1.58 bits per heavy atom. The number of benzene rings is 2. The first-order chi connectivity index (χ1) is 12.4. The molecule has 1 unspecified atom stereocenters. The van der Waals surface area contributed by atoms with Gasteiger partial charge in [-0.3, -0.25) is 19.3 Å². The summed E-state index contributed by atoms with van der Waals surface area (Å²) < 4.78 is 0. The third-order valence-corrected chi connectivity index (χ3v) is 5.00. The molecule has 0 aliphatic carbocycles. The average Bonchev–Trinajstić information content (AvgIpc) is 2.86. The van der Waals surface area contributed by atoms with Crippen LogP contribution in [-0.4, -0.2) is 35.2 Å². The highest BCUT2D eigenvalue weighted by Gasteiger charge is 2.41. The summed E-state index contributed by atoms with van der Waals surface area (Å²) in [5.41, 5.74) is 1.41. The van der Waals surface area contributed by atoms with E-state index in [0.29, 0.717) is 13.0 Å². The van der Waals surface area contributed by atoms with Crippen LogP contribution in [0.2, 0.25) is 10.0 Å². The fourth-order valence-electron chi connectivity index (χ4n) is 2.84. The maximum atomic E-state index is 12.5. The maximum absolute atomic E-state index is 12.5. The molecule has 1 aliphatic heterocycles. The van der Waals surface area contributed by atoms with Gasteiger partial charge in [-0.25, -0.2) is 0 Å². The number of carbonyl (C=O) groups excluding carboxylic acids is 3. The lowest BCUT2D eigenvalue weighted by Crippen LogP contribution is -2.48. The summed E-state index contributed by atoms with van der Waals surface area (Å²) in [4.78, 5) is 38.4. The number of hydrogen-bond donors (Lipinski definition) is 1. The zero-order chi connectivity index (χ0) is 18.8. The molecule has 7 heteroatoms. The van der Waals surface area contributed by atoms with Gasteiger partial charge in [-0.2, -0.15) is 0 Å². The van der Waals surface area contributed by atoms with Crippen molar-refractivity contribution in [3.05, 3.63) is 69.2 Å². The van der Waals surface area contributed by atoms with Gasteiger partial charge in [-0.15, -0.1) is 0 Å². The van der Waals surface area contributed by atoms with Gasteiger partial charge < -0.3 is 5.32 Å². The fraction of sp³-hybridized carbons (Fsp3) is 0.211. The van der Waals surface area contributed by atoms with E-state index in [-0.39, 0.29) is 21.2 Å². The molecule has 0 spiro atoms. The van der Waals surface area contributed by atoms with E-state index >= 15 is 0 Å². The molecule has 2 aromatic rings. The Hall–Kier alpha value is -2.37. The van der Waals surface area contributed by atoms with Crippen LogP contribution in [-0.2, 0) is 11.2 Å². The molecule has 134 valence electrons. The maximum Gasteiger partial charge on any atom is 0.262 e. The van der Waals surface area contributed by atoms with E-state index < -0.39 is 23.8 Å². The molecular weight excluding hydrogens is 375 g/mol. The number of carbonyl (C=O) groups is 3. The SMILES string of the molecule is CC(C(=O)NCCc1ccccc1)N1C(=O)c2cc(Cl)c(Cl)cc2C1=O. The Labute approximate surface area is 160 Å². The Morgan fingerprint density at radius 1 is 1.04 bits per heavy atom. The van der Waals surface area contributed by atoms with E-state index in [9.17, 15) is 14.4 Å². The van der Waals surface area contributed by atoms with Crippen LogP contribution in [0.15, 0.2) is 42.5 Å². The second-order valence-corrected chi connectivity index (χ2v) is 6.81. The van der Waals surface area contributed by atoms with Crippen molar-refractivity contribution in [2.24, 2.45) is 0 Å². The highest BCUT2D eigenvalue weighted by atomic mass is 35.5. The van der Waals surface area contributed by atoms with Crippen LogP contribution in [0.4, 0.5) is 0 Å². The second kappa shape index (κ2) is 7.48. The van der Waals surface area contributed by atoms with Crippen molar-refractivity contribution in [2.45, 2.75) is 19.4 Å². The Bertz CT molecular complexity index is 843. The predicted molar refractivity (Wildman–Crippen MR) is 99.6 cm³/mol. The molecule has 1 aliphatic rings. The first-order valence-electron chi connectivity index (χ1n) is 8.08. The van der Waals surface area contributed by atoms with Gasteiger partial charge in [0.1, 0.15) is 6.04 Å². The fourth-order valence-corrected chi connectivity index (χ4v) is 3.17. The summed E-state index contributed by atoms with van der Waals surface area (Å²) in [6.45, 7) is 1.93. The minimum Gasteiger partial charge on any atom is -0.354 e. The zero-order valence-electron chi connectivity index (χ0n) is 14.0. The van der Waals surface area contributed by atoms with Gasteiger partial charge in [0.25, 0.3) is 11.8 Å². The molecule has 2 aromatic carbocycles. The largest absolute Gasteiger partial charge is 0.354 e. The summed E-state index contributed by atoms with van der Waals surface area (Å²) in [5.74, 6) is -1.49. The Kier molecular flexibility index (Phi) is 5.30. The molecule has 1 heterocycles. The molecule has 1 N–H and O–H groups in total. The van der Waals surface area contributed by atoms with Crippen molar-refractivity contribution in [3.8, 4) is 0 Å². The normalized spacial score (nSPS) is 14.3. The summed E-state index contributed by atoms with van der Waals surface area (Å²) >= 11 is 11.9. The van der Waals surface area contributed by atoms with Crippen molar-refractivity contribution >= 4 is 40.9 Å². The van der Waals surface area contributed by atoms with Crippen LogP contribution < -0.4 is 5.32 Å². The van der Waals surface area contributed by atoms with E-state index in [1.54, 1.807) is 0 Å². The summed E-state index contributed by atoms with van der Waals surface area (Å²) in [6.07, 6.45) is 0.659. The summed E-state index contributed by atoms with van der Waals surface area (Å²) in [6, 6.07) is 11.5. The lowest BCUT2D eigenvalue weighted by Gasteiger charge is -2.21. The predicted octanol–water partition coefficient (Wildman–Crippen LogP) is 3.34. The molecule has 5 nitrogen and oxygen atoms in total.